The standard InChI is InChI=1S/C43H67O9P/c1-3-5-7-8-9-10-11-12-13-16-19-22-25-28-32-36-42(45)50-38-41(39-51-53(47,48)49)52-43(46)37-33-29-26-23-20-17-14-15-18-21-24-27-31-35-40(44)34-30-6-4-2/h6,9-10,12-13,15,17-20,22,24,26-27,29-31,35,40-41,44H,3-5,7-8,11,14,16,21,23,25,28,32-34,36-39H2,1-2H3,(H2,47,48,49)/b10-9-,13-12-,18-15-,20-17-,22-19-,27-24+,29-26-,30-6-,35-31+/t40?,41-/m1/s1. The van der Waals surface area contributed by atoms with E-state index in [1.165, 1.54) is 19.3 Å². The average molecular weight is 759 g/mol. The molecule has 0 fully saturated rings. The maximum absolute atomic E-state index is 12.3. The number of hydrogen-bond acceptors (Lipinski definition) is 7. The second-order valence-corrected chi connectivity index (χ2v) is 13.6. The normalized spacial score (nSPS) is 14.3. The third-order valence-electron chi connectivity index (χ3n) is 7.37. The first kappa shape index (κ1) is 49.7. The van der Waals surface area contributed by atoms with E-state index in [1.807, 2.05) is 48.6 Å². The summed E-state index contributed by atoms with van der Waals surface area (Å²) in [6.45, 7) is 3.32. The number of unbranched alkanes of at least 4 members (excludes halogenated alkanes) is 5. The van der Waals surface area contributed by atoms with Gasteiger partial charge < -0.3 is 24.4 Å². The lowest BCUT2D eigenvalue weighted by molar-refractivity contribution is -0.161. The molecule has 0 radical (unpaired) electrons. The van der Waals surface area contributed by atoms with Gasteiger partial charge in [0, 0.05) is 12.8 Å². The van der Waals surface area contributed by atoms with Crippen LogP contribution >= 0.6 is 7.82 Å². The SMILES string of the molecule is CC/C=C\CC(O)/C=C/C=C/C/C=C\C/C=C\C/C=C\CCC(=O)O[C@H](COC(=O)CCCC/C=C\C/C=C\C/C=C\CCCCC)COP(=O)(O)O. The summed E-state index contributed by atoms with van der Waals surface area (Å²) in [6, 6.07) is 0. The van der Waals surface area contributed by atoms with Crippen LogP contribution in [0.2, 0.25) is 0 Å². The number of carbonyl (C=O) groups is 2. The Labute approximate surface area is 319 Å². The van der Waals surface area contributed by atoms with Crippen LogP contribution in [0.25, 0.3) is 0 Å². The molecule has 1 unspecified atom stereocenters. The maximum Gasteiger partial charge on any atom is 0.469 e. The molecule has 0 bridgehead atoms. The number of hydrogen-bond donors (Lipinski definition) is 3. The van der Waals surface area contributed by atoms with Crippen molar-refractivity contribution < 1.29 is 43.0 Å². The van der Waals surface area contributed by atoms with E-state index in [0.717, 1.165) is 51.4 Å². The molecule has 2 atom stereocenters. The number of aliphatic hydroxyl groups is 1. The molecule has 0 saturated carbocycles. The van der Waals surface area contributed by atoms with Crippen molar-refractivity contribution in [3.05, 3.63) is 109 Å². The number of allylic oxidation sites excluding steroid dienone is 16. The first-order valence-electron chi connectivity index (χ1n) is 19.3. The van der Waals surface area contributed by atoms with Gasteiger partial charge in [-0.3, -0.25) is 14.1 Å². The number of phosphoric ester groups is 1. The quantitative estimate of drug-likeness (QED) is 0.0196. The second-order valence-electron chi connectivity index (χ2n) is 12.4. The monoisotopic (exact) mass is 758 g/mol. The van der Waals surface area contributed by atoms with Crippen LogP contribution in [0.1, 0.15) is 123 Å². The number of aliphatic hydroxyl groups excluding tert-OH is 1. The fourth-order valence-electron chi connectivity index (χ4n) is 4.49. The number of phosphoric acid groups is 1. The van der Waals surface area contributed by atoms with Gasteiger partial charge in [0.1, 0.15) is 6.61 Å². The molecule has 0 heterocycles. The summed E-state index contributed by atoms with van der Waals surface area (Å²) in [4.78, 5) is 42.7. The van der Waals surface area contributed by atoms with E-state index in [1.54, 1.807) is 6.08 Å². The van der Waals surface area contributed by atoms with Gasteiger partial charge >= 0.3 is 19.8 Å². The van der Waals surface area contributed by atoms with Crippen molar-refractivity contribution in [2.75, 3.05) is 13.2 Å². The molecule has 0 aromatic rings. The fraction of sp³-hybridized carbons (Fsp3) is 0.535. The molecule has 0 saturated heterocycles. The van der Waals surface area contributed by atoms with E-state index in [0.29, 0.717) is 25.7 Å². The van der Waals surface area contributed by atoms with Crippen LogP contribution in [0.5, 0.6) is 0 Å². The Kier molecular flexibility index (Phi) is 34.7. The molecule has 3 N–H and O–H groups in total. The molecular formula is C43H67O9P. The molecule has 0 rings (SSSR count). The third-order valence-corrected chi connectivity index (χ3v) is 7.85. The zero-order valence-corrected chi connectivity index (χ0v) is 33.1. The summed E-state index contributed by atoms with van der Waals surface area (Å²) in [5, 5.41) is 9.81. The van der Waals surface area contributed by atoms with Gasteiger partial charge in [-0.15, -0.1) is 0 Å². The molecule has 0 aromatic carbocycles. The van der Waals surface area contributed by atoms with Gasteiger partial charge in [0.25, 0.3) is 0 Å². The van der Waals surface area contributed by atoms with Gasteiger partial charge in [0.2, 0.25) is 0 Å². The highest BCUT2D eigenvalue weighted by atomic mass is 31.2. The minimum atomic E-state index is -4.80. The van der Waals surface area contributed by atoms with Crippen LogP contribution in [0, 0.1) is 0 Å². The van der Waals surface area contributed by atoms with E-state index in [-0.39, 0.29) is 19.4 Å². The number of esters is 2. The van der Waals surface area contributed by atoms with Crippen LogP contribution in [0.4, 0.5) is 0 Å². The first-order chi connectivity index (χ1) is 25.7. The Bertz CT molecular complexity index is 1230. The lowest BCUT2D eigenvalue weighted by Crippen LogP contribution is -2.29. The molecule has 0 amide bonds. The predicted octanol–water partition coefficient (Wildman–Crippen LogP) is 10.6. The highest BCUT2D eigenvalue weighted by Gasteiger charge is 2.22. The predicted molar refractivity (Wildman–Crippen MR) is 217 cm³/mol. The van der Waals surface area contributed by atoms with Crippen LogP contribution in [0.3, 0.4) is 0 Å². The van der Waals surface area contributed by atoms with Crippen LogP contribution in [0.15, 0.2) is 109 Å². The third kappa shape index (κ3) is 39.7. The zero-order valence-electron chi connectivity index (χ0n) is 32.2. The molecule has 0 spiro atoms. The van der Waals surface area contributed by atoms with Crippen molar-refractivity contribution in [1.82, 2.24) is 0 Å². The minimum absolute atomic E-state index is 0.0559. The summed E-state index contributed by atoms with van der Waals surface area (Å²) < 4.78 is 26.2. The van der Waals surface area contributed by atoms with Crippen molar-refractivity contribution in [3.8, 4) is 0 Å². The average Bonchev–Trinajstić information content (AvgIpc) is 3.12. The van der Waals surface area contributed by atoms with E-state index in [4.69, 9.17) is 19.3 Å². The molecule has 0 aromatic heterocycles. The summed E-state index contributed by atoms with van der Waals surface area (Å²) >= 11 is 0. The van der Waals surface area contributed by atoms with Gasteiger partial charge in [-0.1, -0.05) is 136 Å². The van der Waals surface area contributed by atoms with Crippen molar-refractivity contribution in [2.45, 2.75) is 135 Å². The van der Waals surface area contributed by atoms with Crippen molar-refractivity contribution in [2.24, 2.45) is 0 Å². The Morgan fingerprint density at radius 2 is 1.15 bits per heavy atom. The van der Waals surface area contributed by atoms with Crippen molar-refractivity contribution in [3.63, 3.8) is 0 Å². The van der Waals surface area contributed by atoms with E-state index >= 15 is 0 Å². The number of ether oxygens (including phenoxy) is 2. The molecule has 298 valence electrons. The molecule has 9 nitrogen and oxygen atoms in total. The summed E-state index contributed by atoms with van der Waals surface area (Å²) in [6.07, 6.45) is 48.7. The Morgan fingerprint density at radius 3 is 1.72 bits per heavy atom. The number of carbonyl (C=O) groups excluding carboxylic acids is 2. The highest BCUT2D eigenvalue weighted by molar-refractivity contribution is 7.46. The summed E-state index contributed by atoms with van der Waals surface area (Å²) in [5.74, 6) is -1.06. The highest BCUT2D eigenvalue weighted by Crippen LogP contribution is 2.35. The van der Waals surface area contributed by atoms with E-state index < -0.39 is 38.6 Å². The lowest BCUT2D eigenvalue weighted by Gasteiger charge is -2.18. The van der Waals surface area contributed by atoms with Crippen LogP contribution in [-0.2, 0) is 28.2 Å². The van der Waals surface area contributed by atoms with Gasteiger partial charge in [0.15, 0.2) is 6.10 Å². The zero-order chi connectivity index (χ0) is 39.1. The van der Waals surface area contributed by atoms with Crippen LogP contribution in [-0.4, -0.2) is 52.3 Å². The summed E-state index contributed by atoms with van der Waals surface area (Å²) in [7, 11) is -4.80. The molecule has 10 heteroatoms. The minimum Gasteiger partial charge on any atom is -0.462 e. The Hall–Kier alpha value is -3.33. The first-order valence-corrected chi connectivity index (χ1v) is 20.8. The molecule has 0 aliphatic rings. The van der Waals surface area contributed by atoms with Gasteiger partial charge in [0.05, 0.1) is 12.7 Å². The van der Waals surface area contributed by atoms with Gasteiger partial charge in [-0.05, 0) is 83.5 Å². The Balaban J connectivity index is 4.24. The van der Waals surface area contributed by atoms with Crippen LogP contribution < -0.4 is 0 Å². The smallest absolute Gasteiger partial charge is 0.462 e. The molecule has 0 aliphatic carbocycles. The van der Waals surface area contributed by atoms with E-state index in [9.17, 15) is 19.3 Å². The lowest BCUT2D eigenvalue weighted by atomic mass is 10.1. The summed E-state index contributed by atoms with van der Waals surface area (Å²) in [5.41, 5.74) is 0. The molecule has 53 heavy (non-hydrogen) atoms. The van der Waals surface area contributed by atoms with Gasteiger partial charge in [-0.25, -0.2) is 4.57 Å². The van der Waals surface area contributed by atoms with Crippen molar-refractivity contribution in [1.29, 1.82) is 0 Å². The van der Waals surface area contributed by atoms with Crippen molar-refractivity contribution >= 4 is 19.8 Å². The topological polar surface area (TPSA) is 140 Å². The number of rotatable bonds is 33. The largest absolute Gasteiger partial charge is 0.469 e. The molecule has 0 aliphatic heterocycles. The Morgan fingerprint density at radius 1 is 0.604 bits per heavy atom. The maximum atomic E-state index is 12.3. The van der Waals surface area contributed by atoms with E-state index in [2.05, 4.69) is 73.1 Å². The fourth-order valence-corrected chi connectivity index (χ4v) is 4.85. The van der Waals surface area contributed by atoms with Gasteiger partial charge in [-0.2, -0.15) is 0 Å². The molecular weight excluding hydrogens is 691 g/mol. The second kappa shape index (κ2) is 37.0.